The van der Waals surface area contributed by atoms with Crippen molar-refractivity contribution in [1.29, 1.82) is 0 Å². The van der Waals surface area contributed by atoms with Gasteiger partial charge in [0.2, 0.25) is 0 Å². The van der Waals surface area contributed by atoms with E-state index in [4.69, 9.17) is 27.9 Å². The fraction of sp³-hybridized carbons (Fsp3) is 0.533. The first kappa shape index (κ1) is 15.5. The van der Waals surface area contributed by atoms with Crippen LogP contribution in [0.4, 0.5) is 0 Å². The third kappa shape index (κ3) is 4.03. The van der Waals surface area contributed by atoms with Crippen LogP contribution < -0.4 is 10.1 Å². The molecule has 0 unspecified atom stereocenters. The Labute approximate surface area is 129 Å². The number of halogens is 2. The van der Waals surface area contributed by atoms with Gasteiger partial charge in [0.15, 0.2) is 12.4 Å². The molecule has 0 aliphatic heterocycles. The smallest absolute Gasteiger partial charge is 0.258 e. The summed E-state index contributed by atoms with van der Waals surface area (Å²) in [5.41, 5.74) is 0. The fourth-order valence-electron chi connectivity index (χ4n) is 2.54. The van der Waals surface area contributed by atoms with Crippen molar-refractivity contribution in [3.05, 3.63) is 28.2 Å². The van der Waals surface area contributed by atoms with Crippen LogP contribution in [0.1, 0.15) is 32.6 Å². The number of nitrogens with one attached hydrogen (secondary N) is 1. The van der Waals surface area contributed by atoms with Gasteiger partial charge in [-0.15, -0.1) is 0 Å². The average Bonchev–Trinajstić information content (AvgIpc) is 2.41. The van der Waals surface area contributed by atoms with Gasteiger partial charge in [-0.05, 0) is 30.9 Å². The summed E-state index contributed by atoms with van der Waals surface area (Å²) >= 11 is 12.0. The van der Waals surface area contributed by atoms with Crippen LogP contribution in [0, 0.1) is 5.92 Å². The highest BCUT2D eigenvalue weighted by molar-refractivity contribution is 6.37. The number of carbonyl (C=O) groups excluding carboxylic acids is 1. The zero-order chi connectivity index (χ0) is 14.5. The van der Waals surface area contributed by atoms with Crippen LogP contribution in [0.2, 0.25) is 10.0 Å². The van der Waals surface area contributed by atoms with E-state index >= 15 is 0 Å². The molecule has 1 aromatic carbocycles. The molecule has 1 N–H and O–H groups in total. The van der Waals surface area contributed by atoms with Crippen molar-refractivity contribution >= 4 is 29.1 Å². The summed E-state index contributed by atoms with van der Waals surface area (Å²) in [5.74, 6) is 0.763. The SMILES string of the molecule is C[C@H]1CCCC[C@H]1NC(=O)COc1c(Cl)cccc1Cl. The maximum absolute atomic E-state index is 11.9. The van der Waals surface area contributed by atoms with Gasteiger partial charge in [-0.3, -0.25) is 4.79 Å². The summed E-state index contributed by atoms with van der Waals surface area (Å²) < 4.78 is 5.43. The third-order valence-electron chi connectivity index (χ3n) is 3.72. The molecule has 2 rings (SSSR count). The topological polar surface area (TPSA) is 38.3 Å². The van der Waals surface area contributed by atoms with Crippen LogP contribution in [0.3, 0.4) is 0 Å². The van der Waals surface area contributed by atoms with Gasteiger partial charge in [-0.25, -0.2) is 0 Å². The second kappa shape index (κ2) is 7.19. The summed E-state index contributed by atoms with van der Waals surface area (Å²) in [6.07, 6.45) is 4.63. The fourth-order valence-corrected chi connectivity index (χ4v) is 3.04. The van der Waals surface area contributed by atoms with Crippen molar-refractivity contribution in [2.45, 2.75) is 38.6 Å². The zero-order valence-electron chi connectivity index (χ0n) is 11.5. The quantitative estimate of drug-likeness (QED) is 0.909. The average molecular weight is 316 g/mol. The van der Waals surface area contributed by atoms with Crippen LogP contribution >= 0.6 is 23.2 Å². The minimum atomic E-state index is -0.125. The van der Waals surface area contributed by atoms with Crippen LogP contribution in [-0.4, -0.2) is 18.6 Å². The Morgan fingerprint density at radius 3 is 2.60 bits per heavy atom. The lowest BCUT2D eigenvalue weighted by molar-refractivity contribution is -0.124. The molecule has 2 atom stereocenters. The highest BCUT2D eigenvalue weighted by atomic mass is 35.5. The second-order valence-electron chi connectivity index (χ2n) is 5.28. The summed E-state index contributed by atoms with van der Waals surface area (Å²) in [6, 6.07) is 5.36. The largest absolute Gasteiger partial charge is 0.481 e. The Morgan fingerprint density at radius 1 is 1.30 bits per heavy atom. The molecule has 1 saturated carbocycles. The predicted molar refractivity (Wildman–Crippen MR) is 81.5 cm³/mol. The second-order valence-corrected chi connectivity index (χ2v) is 6.09. The van der Waals surface area contributed by atoms with Crippen LogP contribution in [0.25, 0.3) is 0 Å². The standard InChI is InChI=1S/C15H19Cl2NO2/c1-10-5-2-3-8-13(10)18-14(19)9-20-15-11(16)6-4-7-12(15)17/h4,6-7,10,13H,2-3,5,8-9H2,1H3,(H,18,19)/t10-,13+/m0/s1. The van der Waals surface area contributed by atoms with E-state index in [1.165, 1.54) is 19.3 Å². The first-order valence-electron chi connectivity index (χ1n) is 6.94. The van der Waals surface area contributed by atoms with Gasteiger partial charge in [-0.1, -0.05) is 49.0 Å². The minimum absolute atomic E-state index is 0.0628. The van der Waals surface area contributed by atoms with E-state index in [-0.39, 0.29) is 18.6 Å². The molecule has 0 aromatic heterocycles. The Kier molecular flexibility index (Phi) is 5.55. The molecule has 1 amide bonds. The Hall–Kier alpha value is -0.930. The first-order chi connectivity index (χ1) is 9.58. The number of amides is 1. The normalized spacial score (nSPS) is 22.4. The molecule has 110 valence electrons. The lowest BCUT2D eigenvalue weighted by Crippen LogP contribution is -2.43. The zero-order valence-corrected chi connectivity index (χ0v) is 13.0. The van der Waals surface area contributed by atoms with Crippen molar-refractivity contribution in [3.63, 3.8) is 0 Å². The van der Waals surface area contributed by atoms with Gasteiger partial charge in [0, 0.05) is 6.04 Å². The van der Waals surface area contributed by atoms with Gasteiger partial charge >= 0.3 is 0 Å². The first-order valence-corrected chi connectivity index (χ1v) is 7.69. The Morgan fingerprint density at radius 2 is 1.95 bits per heavy atom. The highest BCUT2D eigenvalue weighted by Crippen LogP contribution is 2.32. The lowest BCUT2D eigenvalue weighted by atomic mass is 9.86. The molecule has 1 aliphatic carbocycles. The van der Waals surface area contributed by atoms with E-state index in [9.17, 15) is 4.79 Å². The highest BCUT2D eigenvalue weighted by Gasteiger charge is 2.23. The van der Waals surface area contributed by atoms with E-state index in [1.54, 1.807) is 18.2 Å². The third-order valence-corrected chi connectivity index (χ3v) is 4.32. The summed E-state index contributed by atoms with van der Waals surface area (Å²) in [6.45, 7) is 2.11. The predicted octanol–water partition coefficient (Wildman–Crippen LogP) is 4.07. The molecule has 3 nitrogen and oxygen atoms in total. The monoisotopic (exact) mass is 315 g/mol. The van der Waals surface area contributed by atoms with E-state index in [0.29, 0.717) is 21.7 Å². The molecule has 0 bridgehead atoms. The Balaban J connectivity index is 1.86. The Bertz CT molecular complexity index is 459. The van der Waals surface area contributed by atoms with Crippen LogP contribution in [0.15, 0.2) is 18.2 Å². The molecule has 20 heavy (non-hydrogen) atoms. The molecule has 1 aliphatic rings. The molecule has 5 heteroatoms. The molecule has 0 radical (unpaired) electrons. The molecule has 0 saturated heterocycles. The number of hydrogen-bond acceptors (Lipinski definition) is 2. The molecular formula is C15H19Cl2NO2. The van der Waals surface area contributed by atoms with E-state index in [0.717, 1.165) is 6.42 Å². The van der Waals surface area contributed by atoms with Gasteiger partial charge < -0.3 is 10.1 Å². The van der Waals surface area contributed by atoms with Gasteiger partial charge in [0.25, 0.3) is 5.91 Å². The summed E-state index contributed by atoms with van der Waals surface area (Å²) in [4.78, 5) is 11.9. The van der Waals surface area contributed by atoms with E-state index in [1.807, 2.05) is 0 Å². The number of carbonyl (C=O) groups is 1. The van der Waals surface area contributed by atoms with Gasteiger partial charge in [-0.2, -0.15) is 0 Å². The summed E-state index contributed by atoms with van der Waals surface area (Å²) in [7, 11) is 0. The maximum Gasteiger partial charge on any atom is 0.258 e. The molecule has 1 aromatic rings. The molecule has 0 heterocycles. The number of hydrogen-bond donors (Lipinski definition) is 1. The number of benzene rings is 1. The minimum Gasteiger partial charge on any atom is -0.481 e. The van der Waals surface area contributed by atoms with Crippen molar-refractivity contribution in [2.75, 3.05) is 6.61 Å². The van der Waals surface area contributed by atoms with E-state index in [2.05, 4.69) is 12.2 Å². The summed E-state index contributed by atoms with van der Waals surface area (Å²) in [5, 5.41) is 3.85. The molecular weight excluding hydrogens is 297 g/mol. The van der Waals surface area contributed by atoms with Crippen molar-refractivity contribution in [2.24, 2.45) is 5.92 Å². The van der Waals surface area contributed by atoms with Crippen molar-refractivity contribution < 1.29 is 9.53 Å². The van der Waals surface area contributed by atoms with Gasteiger partial charge in [0.05, 0.1) is 10.0 Å². The van der Waals surface area contributed by atoms with Crippen LogP contribution in [0.5, 0.6) is 5.75 Å². The van der Waals surface area contributed by atoms with Gasteiger partial charge in [0.1, 0.15) is 0 Å². The number of para-hydroxylation sites is 1. The van der Waals surface area contributed by atoms with Crippen molar-refractivity contribution in [1.82, 2.24) is 5.32 Å². The molecule has 1 fully saturated rings. The lowest BCUT2D eigenvalue weighted by Gasteiger charge is -2.29. The number of ether oxygens (including phenoxy) is 1. The maximum atomic E-state index is 11.9. The molecule has 0 spiro atoms. The van der Waals surface area contributed by atoms with Crippen molar-refractivity contribution in [3.8, 4) is 5.75 Å². The van der Waals surface area contributed by atoms with E-state index < -0.39 is 0 Å². The van der Waals surface area contributed by atoms with Crippen LogP contribution in [-0.2, 0) is 4.79 Å². The number of rotatable bonds is 4.